The Morgan fingerprint density at radius 2 is 2.67 bits per heavy atom. The van der Waals surface area contributed by atoms with Crippen LogP contribution in [-0.4, -0.2) is 20.2 Å². The lowest BCUT2D eigenvalue weighted by Gasteiger charge is -1.68. The molecule has 1 rings (SSSR count). The van der Waals surface area contributed by atoms with Crippen molar-refractivity contribution >= 4 is 15.7 Å². The van der Waals surface area contributed by atoms with Crippen molar-refractivity contribution in [3.63, 3.8) is 0 Å². The molecule has 2 nitrogen and oxygen atoms in total. The van der Waals surface area contributed by atoms with E-state index < -0.39 is 0 Å². The Kier molecular flexibility index (Phi) is 0.758. The van der Waals surface area contributed by atoms with Crippen LogP contribution in [0.1, 0.15) is 0 Å². The van der Waals surface area contributed by atoms with Crippen LogP contribution in [0.5, 0.6) is 0 Å². The molecule has 0 fully saturated rings. The summed E-state index contributed by atoms with van der Waals surface area (Å²) >= 11 is 0. The Bertz CT molecular complexity index is 112. The van der Waals surface area contributed by atoms with Crippen molar-refractivity contribution < 1.29 is 0 Å². The van der Waals surface area contributed by atoms with Gasteiger partial charge in [0, 0.05) is 12.4 Å². The summed E-state index contributed by atoms with van der Waals surface area (Å²) in [6.45, 7) is 0. The van der Waals surface area contributed by atoms with Crippen molar-refractivity contribution in [2.24, 2.45) is 0 Å². The standard InChI is InChI=1S/C3H4N2Si/c6-3-4-1-2-5-3/h1-2,6H,(H,4,5). The highest BCUT2D eigenvalue weighted by Gasteiger charge is 1.74. The normalized spacial score (nSPS) is 8.83. The maximum absolute atomic E-state index is 3.82. The summed E-state index contributed by atoms with van der Waals surface area (Å²) in [7, 11) is 2.45. The lowest BCUT2D eigenvalue weighted by Crippen LogP contribution is -2.04. The third-order valence-corrected chi connectivity index (χ3v) is 0.835. The first-order chi connectivity index (χ1) is 2.89. The molecule has 0 aromatic carbocycles. The van der Waals surface area contributed by atoms with Crippen molar-refractivity contribution in [2.75, 3.05) is 0 Å². The lowest BCUT2D eigenvalue weighted by molar-refractivity contribution is 1.41. The molecule has 0 spiro atoms. The van der Waals surface area contributed by atoms with Crippen molar-refractivity contribution in [2.45, 2.75) is 0 Å². The molecule has 0 unspecified atom stereocenters. The highest BCUT2D eigenvalue weighted by Crippen LogP contribution is 1.59. The van der Waals surface area contributed by atoms with E-state index in [1.807, 2.05) is 0 Å². The van der Waals surface area contributed by atoms with Crippen molar-refractivity contribution in [3.05, 3.63) is 12.4 Å². The predicted molar refractivity (Wildman–Crippen MR) is 25.4 cm³/mol. The molecule has 1 heterocycles. The number of nitrogens with zero attached hydrogens (tertiary/aromatic N) is 1. The second kappa shape index (κ2) is 1.26. The zero-order valence-electron chi connectivity index (χ0n) is 3.18. The fraction of sp³-hybridized carbons (Fsp3) is 0. The van der Waals surface area contributed by atoms with Gasteiger partial charge < -0.3 is 4.98 Å². The molecular formula is C3H4N2Si. The zero-order valence-corrected chi connectivity index (χ0v) is 4.33. The van der Waals surface area contributed by atoms with Crippen LogP contribution in [0.2, 0.25) is 0 Å². The minimum atomic E-state index is 0.884. The molecule has 1 N–H and O–H groups in total. The van der Waals surface area contributed by atoms with E-state index in [0.717, 1.165) is 5.45 Å². The first-order valence-electron chi connectivity index (χ1n) is 1.64. The molecule has 2 radical (unpaired) electrons. The average Bonchev–Trinajstić information content (AvgIpc) is 1.86. The maximum Gasteiger partial charge on any atom is 0.110 e. The number of nitrogens with one attached hydrogen (secondary N) is 1. The number of hydrogen-bond donors (Lipinski definition) is 1. The Morgan fingerprint density at radius 1 is 1.83 bits per heavy atom. The molecule has 0 bridgehead atoms. The van der Waals surface area contributed by atoms with Crippen molar-refractivity contribution in [3.8, 4) is 0 Å². The molecule has 0 aliphatic carbocycles. The smallest absolute Gasteiger partial charge is 0.110 e. The molecule has 1 aromatic rings. The van der Waals surface area contributed by atoms with E-state index in [1.165, 1.54) is 0 Å². The van der Waals surface area contributed by atoms with Gasteiger partial charge in [0.1, 0.15) is 10.2 Å². The quantitative estimate of drug-likeness (QED) is 0.410. The molecule has 3 heteroatoms. The van der Waals surface area contributed by atoms with Gasteiger partial charge in [-0.2, -0.15) is 0 Å². The monoisotopic (exact) mass is 96.0 g/mol. The molecule has 30 valence electrons. The van der Waals surface area contributed by atoms with Gasteiger partial charge in [-0.1, -0.05) is 0 Å². The van der Waals surface area contributed by atoms with Gasteiger partial charge in [-0.25, -0.2) is 4.98 Å². The summed E-state index contributed by atoms with van der Waals surface area (Å²) < 4.78 is 0. The Morgan fingerprint density at radius 3 is 2.83 bits per heavy atom. The molecule has 0 aliphatic heterocycles. The van der Waals surface area contributed by atoms with Gasteiger partial charge in [-0.15, -0.1) is 0 Å². The Hall–Kier alpha value is -0.573. The van der Waals surface area contributed by atoms with Gasteiger partial charge in [0.25, 0.3) is 0 Å². The van der Waals surface area contributed by atoms with E-state index in [0.29, 0.717) is 0 Å². The largest absolute Gasteiger partial charge is 0.353 e. The van der Waals surface area contributed by atoms with E-state index >= 15 is 0 Å². The van der Waals surface area contributed by atoms with E-state index in [9.17, 15) is 0 Å². The SMILES string of the molecule is [SiH]c1ncc[nH]1. The van der Waals surface area contributed by atoms with Gasteiger partial charge in [0.2, 0.25) is 0 Å². The molecule has 1 aromatic heterocycles. The molecule has 6 heavy (non-hydrogen) atoms. The van der Waals surface area contributed by atoms with Gasteiger partial charge >= 0.3 is 0 Å². The maximum atomic E-state index is 3.82. The number of aromatic amines is 1. The van der Waals surface area contributed by atoms with Crippen LogP contribution in [0.25, 0.3) is 0 Å². The fourth-order valence-electron chi connectivity index (χ4n) is 0.277. The second-order valence-corrected chi connectivity index (χ2v) is 1.52. The number of hydrogen-bond acceptors (Lipinski definition) is 1. The average molecular weight is 96.2 g/mol. The highest BCUT2D eigenvalue weighted by atomic mass is 28.1. The van der Waals surface area contributed by atoms with E-state index in [1.54, 1.807) is 12.4 Å². The van der Waals surface area contributed by atoms with Crippen LogP contribution in [0.4, 0.5) is 0 Å². The molecule has 0 saturated carbocycles. The number of H-pyrrole nitrogens is 1. The molecule has 0 amide bonds. The van der Waals surface area contributed by atoms with Crippen LogP contribution in [0, 0.1) is 0 Å². The minimum Gasteiger partial charge on any atom is -0.353 e. The molecule has 0 atom stereocenters. The van der Waals surface area contributed by atoms with Crippen molar-refractivity contribution in [1.82, 2.24) is 9.97 Å². The summed E-state index contributed by atoms with van der Waals surface area (Å²) in [6.07, 6.45) is 3.49. The van der Waals surface area contributed by atoms with Gasteiger partial charge in [-0.3, -0.25) is 0 Å². The third-order valence-electron chi connectivity index (χ3n) is 0.519. The fourth-order valence-corrected chi connectivity index (χ4v) is 0.460. The molecule has 0 saturated heterocycles. The van der Waals surface area contributed by atoms with Gasteiger partial charge in [0.05, 0.1) is 5.45 Å². The highest BCUT2D eigenvalue weighted by molar-refractivity contribution is 6.28. The predicted octanol–water partition coefficient (Wildman–Crippen LogP) is -1.06. The lowest BCUT2D eigenvalue weighted by atomic mass is 11.0. The summed E-state index contributed by atoms with van der Waals surface area (Å²) in [5.74, 6) is 0. The number of aromatic nitrogens is 2. The summed E-state index contributed by atoms with van der Waals surface area (Å²) in [5.41, 5.74) is 0.884. The zero-order chi connectivity index (χ0) is 4.41. The Labute approximate surface area is 39.0 Å². The summed E-state index contributed by atoms with van der Waals surface area (Å²) in [6, 6.07) is 0. The van der Waals surface area contributed by atoms with Gasteiger partial charge in [-0.05, 0) is 0 Å². The van der Waals surface area contributed by atoms with Crippen LogP contribution in [0.3, 0.4) is 0 Å². The van der Waals surface area contributed by atoms with Crippen LogP contribution >= 0.6 is 0 Å². The van der Waals surface area contributed by atoms with Crippen molar-refractivity contribution in [1.29, 1.82) is 0 Å². The van der Waals surface area contributed by atoms with Crippen LogP contribution < -0.4 is 5.45 Å². The van der Waals surface area contributed by atoms with Crippen LogP contribution in [-0.2, 0) is 0 Å². The second-order valence-electron chi connectivity index (χ2n) is 0.974. The summed E-state index contributed by atoms with van der Waals surface area (Å²) in [5, 5.41) is 0. The minimum absolute atomic E-state index is 0.884. The number of rotatable bonds is 0. The van der Waals surface area contributed by atoms with E-state index in [4.69, 9.17) is 0 Å². The summed E-state index contributed by atoms with van der Waals surface area (Å²) in [4.78, 5) is 6.68. The third kappa shape index (κ3) is 0.489. The van der Waals surface area contributed by atoms with E-state index in [-0.39, 0.29) is 0 Å². The van der Waals surface area contributed by atoms with Crippen LogP contribution in [0.15, 0.2) is 12.4 Å². The Balaban J connectivity index is 3.05. The topological polar surface area (TPSA) is 28.7 Å². The molecule has 0 aliphatic rings. The first kappa shape index (κ1) is 3.61. The van der Waals surface area contributed by atoms with Gasteiger partial charge in [0.15, 0.2) is 0 Å². The first-order valence-corrected chi connectivity index (χ1v) is 2.22. The van der Waals surface area contributed by atoms with E-state index in [2.05, 4.69) is 20.2 Å². The number of imidazole rings is 1. The molecular weight excluding hydrogens is 92.1 g/mol.